The normalized spacial score (nSPS) is 13.2. The number of rotatable bonds is 7. The number of carbonyl (C=O) groups excluding carboxylic acids is 1. The van der Waals surface area contributed by atoms with Gasteiger partial charge in [0.15, 0.2) is 0 Å². The third kappa shape index (κ3) is 4.32. The summed E-state index contributed by atoms with van der Waals surface area (Å²) in [6.45, 7) is 7.80. The summed E-state index contributed by atoms with van der Waals surface area (Å²) >= 11 is 0. The summed E-state index contributed by atoms with van der Waals surface area (Å²) in [7, 11) is 1.61. The van der Waals surface area contributed by atoms with Gasteiger partial charge in [0, 0.05) is 11.6 Å². The number of ether oxygens (including phenoxy) is 2. The Labute approximate surface area is 114 Å². The molecule has 104 valence electrons. The molecular formula is C15H21NO3. The zero-order chi connectivity index (χ0) is 14.3. The van der Waals surface area contributed by atoms with Crippen molar-refractivity contribution in [2.24, 2.45) is 5.92 Å². The van der Waals surface area contributed by atoms with Crippen molar-refractivity contribution in [3.05, 3.63) is 36.9 Å². The minimum Gasteiger partial charge on any atom is -0.497 e. The van der Waals surface area contributed by atoms with Gasteiger partial charge in [-0.15, -0.1) is 6.58 Å². The van der Waals surface area contributed by atoms with Gasteiger partial charge in [-0.3, -0.25) is 0 Å². The molecule has 0 unspecified atom stereocenters. The molecule has 1 rings (SSSR count). The first-order valence-corrected chi connectivity index (χ1v) is 6.32. The minimum absolute atomic E-state index is 0.0267. The Bertz CT molecular complexity index is 414. The highest BCUT2D eigenvalue weighted by Crippen LogP contribution is 2.18. The van der Waals surface area contributed by atoms with Gasteiger partial charge in [0.1, 0.15) is 11.8 Å². The summed E-state index contributed by atoms with van der Waals surface area (Å²) in [5.74, 6) is 0.474. The third-order valence-electron chi connectivity index (χ3n) is 2.85. The topological polar surface area (TPSA) is 47.6 Å². The molecule has 1 aromatic carbocycles. The average molecular weight is 263 g/mol. The molecule has 0 aliphatic carbocycles. The first-order chi connectivity index (χ1) is 9.12. The van der Waals surface area contributed by atoms with Crippen molar-refractivity contribution >= 4 is 11.7 Å². The van der Waals surface area contributed by atoms with Gasteiger partial charge in [-0.25, -0.2) is 4.79 Å². The maximum absolute atomic E-state index is 11.9. The van der Waals surface area contributed by atoms with Gasteiger partial charge in [-0.2, -0.15) is 0 Å². The van der Waals surface area contributed by atoms with Crippen molar-refractivity contribution in [1.29, 1.82) is 0 Å². The van der Waals surface area contributed by atoms with Crippen LogP contribution in [0.3, 0.4) is 0 Å². The number of esters is 1. The molecule has 4 nitrogen and oxygen atoms in total. The molecule has 0 radical (unpaired) electrons. The molecule has 1 N–H and O–H groups in total. The number of nitrogens with one attached hydrogen (secondary N) is 1. The summed E-state index contributed by atoms with van der Waals surface area (Å²) in [4.78, 5) is 11.9. The summed E-state index contributed by atoms with van der Waals surface area (Å²) in [6.07, 6.45) is 1.73. The standard InChI is InChI=1S/C15H21NO3/c1-5-11(3)14(15(17)19-6-2)16-12-7-9-13(18-4)10-8-12/h5,7-11,14,16H,1,6H2,2-4H3/t11-,14+/m0/s1. The number of benzene rings is 1. The van der Waals surface area contributed by atoms with E-state index in [4.69, 9.17) is 9.47 Å². The summed E-state index contributed by atoms with van der Waals surface area (Å²) < 4.78 is 10.2. The van der Waals surface area contributed by atoms with Gasteiger partial charge >= 0.3 is 5.97 Å². The number of methoxy groups -OCH3 is 1. The van der Waals surface area contributed by atoms with E-state index in [-0.39, 0.29) is 11.9 Å². The van der Waals surface area contributed by atoms with E-state index in [1.165, 1.54) is 0 Å². The number of carbonyl (C=O) groups is 1. The fraction of sp³-hybridized carbons (Fsp3) is 0.400. The Morgan fingerprint density at radius 3 is 2.53 bits per heavy atom. The van der Waals surface area contributed by atoms with Crippen molar-refractivity contribution < 1.29 is 14.3 Å². The summed E-state index contributed by atoms with van der Waals surface area (Å²) in [5.41, 5.74) is 0.840. The fourth-order valence-corrected chi connectivity index (χ4v) is 1.64. The van der Waals surface area contributed by atoms with E-state index in [0.717, 1.165) is 11.4 Å². The zero-order valence-electron chi connectivity index (χ0n) is 11.7. The SMILES string of the molecule is C=C[C@H](C)[C@@H](Nc1ccc(OC)cc1)C(=O)OCC. The first-order valence-electron chi connectivity index (χ1n) is 6.32. The maximum atomic E-state index is 11.9. The summed E-state index contributed by atoms with van der Waals surface area (Å²) in [6, 6.07) is 6.96. The van der Waals surface area contributed by atoms with Gasteiger partial charge in [-0.05, 0) is 31.2 Å². The van der Waals surface area contributed by atoms with E-state index in [9.17, 15) is 4.79 Å². The van der Waals surface area contributed by atoms with Gasteiger partial charge in [0.05, 0.1) is 13.7 Å². The van der Waals surface area contributed by atoms with E-state index >= 15 is 0 Å². The van der Waals surface area contributed by atoms with Crippen LogP contribution in [0.2, 0.25) is 0 Å². The predicted molar refractivity (Wildman–Crippen MR) is 76.4 cm³/mol. The number of hydrogen-bond donors (Lipinski definition) is 1. The molecule has 0 bridgehead atoms. The molecule has 0 aliphatic rings. The highest BCUT2D eigenvalue weighted by molar-refractivity contribution is 5.80. The number of anilines is 1. The van der Waals surface area contributed by atoms with Crippen LogP contribution < -0.4 is 10.1 Å². The molecule has 0 fully saturated rings. The van der Waals surface area contributed by atoms with Crippen molar-refractivity contribution in [3.8, 4) is 5.75 Å². The Morgan fingerprint density at radius 2 is 2.05 bits per heavy atom. The average Bonchev–Trinajstić information content (AvgIpc) is 2.44. The van der Waals surface area contributed by atoms with Crippen LogP contribution in [0.25, 0.3) is 0 Å². The molecule has 0 aromatic heterocycles. The lowest BCUT2D eigenvalue weighted by atomic mass is 10.0. The summed E-state index contributed by atoms with van der Waals surface area (Å²) in [5, 5.41) is 3.16. The van der Waals surface area contributed by atoms with Gasteiger partial charge in [-0.1, -0.05) is 13.0 Å². The Kier molecular flexibility index (Phi) is 5.93. The smallest absolute Gasteiger partial charge is 0.329 e. The molecule has 0 saturated heterocycles. The van der Waals surface area contributed by atoms with Crippen molar-refractivity contribution in [2.45, 2.75) is 19.9 Å². The lowest BCUT2D eigenvalue weighted by Crippen LogP contribution is -2.36. The van der Waals surface area contributed by atoms with E-state index < -0.39 is 6.04 Å². The Balaban J connectivity index is 2.80. The molecule has 0 saturated carbocycles. The third-order valence-corrected chi connectivity index (χ3v) is 2.85. The van der Waals surface area contributed by atoms with Crippen LogP contribution in [0.5, 0.6) is 5.75 Å². The molecule has 19 heavy (non-hydrogen) atoms. The van der Waals surface area contributed by atoms with Crippen LogP contribution in [0.1, 0.15) is 13.8 Å². The lowest BCUT2D eigenvalue weighted by molar-refractivity contribution is -0.144. The van der Waals surface area contributed by atoms with Crippen LogP contribution in [0.15, 0.2) is 36.9 Å². The second-order valence-corrected chi connectivity index (χ2v) is 4.20. The van der Waals surface area contributed by atoms with E-state index in [0.29, 0.717) is 6.61 Å². The van der Waals surface area contributed by atoms with E-state index in [1.807, 2.05) is 31.2 Å². The number of hydrogen-bond acceptors (Lipinski definition) is 4. The second kappa shape index (κ2) is 7.46. The molecule has 2 atom stereocenters. The van der Waals surface area contributed by atoms with E-state index in [2.05, 4.69) is 11.9 Å². The first kappa shape index (κ1) is 15.1. The van der Waals surface area contributed by atoms with Gasteiger partial charge < -0.3 is 14.8 Å². The van der Waals surface area contributed by atoms with Crippen molar-refractivity contribution in [3.63, 3.8) is 0 Å². The quantitative estimate of drug-likeness (QED) is 0.607. The molecular weight excluding hydrogens is 242 g/mol. The zero-order valence-corrected chi connectivity index (χ0v) is 11.7. The van der Waals surface area contributed by atoms with Crippen LogP contribution in [0.4, 0.5) is 5.69 Å². The minimum atomic E-state index is -0.439. The van der Waals surface area contributed by atoms with Gasteiger partial charge in [0.2, 0.25) is 0 Å². The highest BCUT2D eigenvalue weighted by atomic mass is 16.5. The van der Waals surface area contributed by atoms with E-state index in [1.54, 1.807) is 20.1 Å². The molecule has 0 heterocycles. The Morgan fingerprint density at radius 1 is 1.42 bits per heavy atom. The lowest BCUT2D eigenvalue weighted by Gasteiger charge is -2.22. The molecule has 0 spiro atoms. The predicted octanol–water partition coefficient (Wildman–Crippen LogP) is 2.86. The van der Waals surface area contributed by atoms with Crippen molar-refractivity contribution in [1.82, 2.24) is 0 Å². The Hall–Kier alpha value is -1.97. The highest BCUT2D eigenvalue weighted by Gasteiger charge is 2.24. The van der Waals surface area contributed by atoms with Crippen LogP contribution in [-0.4, -0.2) is 25.7 Å². The van der Waals surface area contributed by atoms with Crippen LogP contribution in [0, 0.1) is 5.92 Å². The largest absolute Gasteiger partial charge is 0.497 e. The molecule has 0 aliphatic heterocycles. The molecule has 0 amide bonds. The monoisotopic (exact) mass is 263 g/mol. The van der Waals surface area contributed by atoms with Gasteiger partial charge in [0.25, 0.3) is 0 Å². The molecule has 4 heteroatoms. The maximum Gasteiger partial charge on any atom is 0.329 e. The molecule has 1 aromatic rings. The van der Waals surface area contributed by atoms with Crippen LogP contribution >= 0.6 is 0 Å². The van der Waals surface area contributed by atoms with Crippen LogP contribution in [-0.2, 0) is 9.53 Å². The fourth-order valence-electron chi connectivity index (χ4n) is 1.64. The second-order valence-electron chi connectivity index (χ2n) is 4.20. The van der Waals surface area contributed by atoms with Crippen molar-refractivity contribution in [2.75, 3.05) is 19.0 Å².